The molecule has 0 amide bonds. The van der Waals surface area contributed by atoms with Crippen molar-refractivity contribution >= 4 is 29.2 Å². The van der Waals surface area contributed by atoms with Gasteiger partial charge >= 0.3 is 0 Å². The first-order valence-corrected chi connectivity index (χ1v) is 7.73. The SMILES string of the molecule is CCCNc1cccc(CSc2ccccc2Cl)n1. The molecule has 4 heteroatoms. The maximum Gasteiger partial charge on any atom is 0.126 e. The number of halogens is 1. The molecule has 0 bridgehead atoms. The minimum Gasteiger partial charge on any atom is -0.370 e. The predicted octanol–water partition coefficient (Wildman–Crippen LogP) is 4.85. The summed E-state index contributed by atoms with van der Waals surface area (Å²) in [6, 6.07) is 14.0. The van der Waals surface area contributed by atoms with Crippen molar-refractivity contribution in [2.75, 3.05) is 11.9 Å². The third-order valence-corrected chi connectivity index (χ3v) is 4.12. The summed E-state index contributed by atoms with van der Waals surface area (Å²) in [7, 11) is 0. The fourth-order valence-electron chi connectivity index (χ4n) is 1.62. The molecule has 100 valence electrons. The lowest BCUT2D eigenvalue weighted by Crippen LogP contribution is -2.02. The molecule has 0 aliphatic heterocycles. The van der Waals surface area contributed by atoms with Gasteiger partial charge in [0.2, 0.25) is 0 Å². The predicted molar refractivity (Wildman–Crippen MR) is 84.0 cm³/mol. The zero-order valence-electron chi connectivity index (χ0n) is 10.9. The van der Waals surface area contributed by atoms with Crippen LogP contribution in [0.3, 0.4) is 0 Å². The highest BCUT2D eigenvalue weighted by Crippen LogP contribution is 2.29. The number of pyridine rings is 1. The Hall–Kier alpha value is -1.19. The van der Waals surface area contributed by atoms with Gasteiger partial charge in [-0.3, -0.25) is 0 Å². The van der Waals surface area contributed by atoms with Crippen LogP contribution in [-0.4, -0.2) is 11.5 Å². The highest BCUT2D eigenvalue weighted by molar-refractivity contribution is 7.98. The number of thioether (sulfide) groups is 1. The fraction of sp³-hybridized carbons (Fsp3) is 0.267. The van der Waals surface area contributed by atoms with Gasteiger partial charge in [0.1, 0.15) is 5.82 Å². The van der Waals surface area contributed by atoms with E-state index >= 15 is 0 Å². The highest BCUT2D eigenvalue weighted by atomic mass is 35.5. The van der Waals surface area contributed by atoms with Crippen molar-refractivity contribution in [3.05, 3.63) is 53.2 Å². The summed E-state index contributed by atoms with van der Waals surface area (Å²) in [5, 5.41) is 4.10. The van der Waals surface area contributed by atoms with Crippen molar-refractivity contribution in [1.82, 2.24) is 4.98 Å². The van der Waals surface area contributed by atoms with E-state index in [0.29, 0.717) is 0 Å². The van der Waals surface area contributed by atoms with Crippen molar-refractivity contribution in [3.63, 3.8) is 0 Å². The summed E-state index contributed by atoms with van der Waals surface area (Å²) in [6.45, 7) is 3.10. The molecule has 0 aliphatic rings. The Kier molecular flexibility index (Phi) is 5.55. The van der Waals surface area contributed by atoms with E-state index in [0.717, 1.165) is 40.1 Å². The van der Waals surface area contributed by atoms with Crippen LogP contribution in [-0.2, 0) is 5.75 Å². The maximum absolute atomic E-state index is 6.14. The molecule has 1 N–H and O–H groups in total. The average molecular weight is 293 g/mol. The number of nitrogens with one attached hydrogen (secondary N) is 1. The summed E-state index contributed by atoms with van der Waals surface area (Å²) in [6.07, 6.45) is 1.10. The summed E-state index contributed by atoms with van der Waals surface area (Å²) in [5.74, 6) is 1.77. The van der Waals surface area contributed by atoms with Crippen molar-refractivity contribution in [1.29, 1.82) is 0 Å². The van der Waals surface area contributed by atoms with E-state index in [-0.39, 0.29) is 0 Å². The second-order valence-electron chi connectivity index (χ2n) is 4.16. The molecule has 1 aromatic heterocycles. The highest BCUT2D eigenvalue weighted by Gasteiger charge is 2.02. The Bertz CT molecular complexity index is 531. The van der Waals surface area contributed by atoms with Crippen molar-refractivity contribution < 1.29 is 0 Å². The number of aromatic nitrogens is 1. The van der Waals surface area contributed by atoms with Crippen molar-refractivity contribution in [3.8, 4) is 0 Å². The number of nitrogens with zero attached hydrogens (tertiary/aromatic N) is 1. The third kappa shape index (κ3) is 4.44. The monoisotopic (exact) mass is 292 g/mol. The van der Waals surface area contributed by atoms with E-state index in [2.05, 4.69) is 17.2 Å². The Morgan fingerprint density at radius 1 is 1.16 bits per heavy atom. The van der Waals surface area contributed by atoms with Gasteiger partial charge in [-0.05, 0) is 30.7 Å². The number of hydrogen-bond acceptors (Lipinski definition) is 3. The van der Waals surface area contributed by atoms with Gasteiger partial charge in [0.25, 0.3) is 0 Å². The van der Waals surface area contributed by atoms with Gasteiger partial charge in [0, 0.05) is 17.2 Å². The molecule has 0 aliphatic carbocycles. The standard InChI is InChI=1S/C15H17ClN2S/c1-2-10-17-15-9-5-6-12(18-15)11-19-14-8-4-3-7-13(14)16/h3-9H,2,10-11H2,1H3,(H,17,18). The van der Waals surface area contributed by atoms with Crippen LogP contribution < -0.4 is 5.32 Å². The zero-order valence-corrected chi connectivity index (χ0v) is 12.5. The molecule has 0 radical (unpaired) electrons. The molecule has 0 saturated carbocycles. The summed E-state index contributed by atoms with van der Waals surface area (Å²) in [4.78, 5) is 5.68. The molecule has 19 heavy (non-hydrogen) atoms. The van der Waals surface area contributed by atoms with Gasteiger partial charge in [0.15, 0.2) is 0 Å². The van der Waals surface area contributed by atoms with E-state index in [1.54, 1.807) is 11.8 Å². The molecular weight excluding hydrogens is 276 g/mol. The molecule has 0 fully saturated rings. The van der Waals surface area contributed by atoms with Gasteiger partial charge in [-0.2, -0.15) is 0 Å². The minimum atomic E-state index is 0.799. The van der Waals surface area contributed by atoms with Crippen molar-refractivity contribution in [2.45, 2.75) is 24.0 Å². The first-order valence-electron chi connectivity index (χ1n) is 6.36. The van der Waals surface area contributed by atoms with Crippen molar-refractivity contribution in [2.24, 2.45) is 0 Å². The van der Waals surface area contributed by atoms with Crippen LogP contribution in [0, 0.1) is 0 Å². The van der Waals surface area contributed by atoms with Gasteiger partial charge in [-0.1, -0.05) is 36.7 Å². The lowest BCUT2D eigenvalue weighted by molar-refractivity contribution is 0.965. The lowest BCUT2D eigenvalue weighted by Gasteiger charge is -2.07. The van der Waals surface area contributed by atoms with E-state index in [1.807, 2.05) is 42.5 Å². The molecule has 1 heterocycles. The first kappa shape index (κ1) is 14.2. The Morgan fingerprint density at radius 3 is 2.79 bits per heavy atom. The Labute approximate surface area is 123 Å². The minimum absolute atomic E-state index is 0.799. The number of benzene rings is 1. The summed E-state index contributed by atoms with van der Waals surface area (Å²) >= 11 is 7.85. The number of hydrogen-bond donors (Lipinski definition) is 1. The molecular formula is C15H17ClN2S. The van der Waals surface area contributed by atoms with Crippen LogP contribution in [0.1, 0.15) is 19.0 Å². The summed E-state index contributed by atoms with van der Waals surface area (Å²) < 4.78 is 0. The zero-order chi connectivity index (χ0) is 13.5. The average Bonchev–Trinajstić information content (AvgIpc) is 2.45. The molecule has 0 unspecified atom stereocenters. The maximum atomic E-state index is 6.14. The van der Waals surface area contributed by atoms with Crippen LogP contribution in [0.15, 0.2) is 47.4 Å². The quantitative estimate of drug-likeness (QED) is 0.771. The fourth-order valence-corrected chi connectivity index (χ4v) is 2.77. The number of anilines is 1. The van der Waals surface area contributed by atoms with E-state index < -0.39 is 0 Å². The second-order valence-corrected chi connectivity index (χ2v) is 5.58. The van der Waals surface area contributed by atoms with E-state index in [4.69, 9.17) is 11.6 Å². The van der Waals surface area contributed by atoms with Crippen LogP contribution in [0.2, 0.25) is 5.02 Å². The van der Waals surface area contributed by atoms with E-state index in [9.17, 15) is 0 Å². The molecule has 2 nitrogen and oxygen atoms in total. The molecule has 0 saturated heterocycles. The second kappa shape index (κ2) is 7.41. The normalized spacial score (nSPS) is 10.4. The lowest BCUT2D eigenvalue weighted by atomic mass is 10.3. The topological polar surface area (TPSA) is 24.9 Å². The molecule has 0 spiro atoms. The number of rotatable bonds is 6. The van der Waals surface area contributed by atoms with Gasteiger partial charge in [-0.25, -0.2) is 4.98 Å². The molecule has 2 rings (SSSR count). The Balaban J connectivity index is 1.98. The molecule has 1 aromatic carbocycles. The Morgan fingerprint density at radius 2 is 2.00 bits per heavy atom. The summed E-state index contributed by atoms with van der Waals surface area (Å²) in [5.41, 5.74) is 1.06. The van der Waals surface area contributed by atoms with Crippen LogP contribution in [0.5, 0.6) is 0 Å². The molecule has 0 atom stereocenters. The van der Waals surface area contributed by atoms with E-state index in [1.165, 1.54) is 0 Å². The molecule has 2 aromatic rings. The van der Waals surface area contributed by atoms with Gasteiger partial charge in [0.05, 0.1) is 10.7 Å². The largest absolute Gasteiger partial charge is 0.370 e. The smallest absolute Gasteiger partial charge is 0.126 e. The van der Waals surface area contributed by atoms with Crippen LogP contribution in [0.4, 0.5) is 5.82 Å². The van der Waals surface area contributed by atoms with Crippen LogP contribution in [0.25, 0.3) is 0 Å². The van der Waals surface area contributed by atoms with Gasteiger partial charge < -0.3 is 5.32 Å². The third-order valence-electron chi connectivity index (χ3n) is 2.58. The van der Waals surface area contributed by atoms with Crippen LogP contribution >= 0.6 is 23.4 Å². The first-order chi connectivity index (χ1) is 9.29. The van der Waals surface area contributed by atoms with Gasteiger partial charge in [-0.15, -0.1) is 11.8 Å².